The maximum atomic E-state index is 12.9. The fraction of sp³-hybridized carbons (Fsp3) is 0.379. The molecule has 1 unspecified atom stereocenters. The van der Waals surface area contributed by atoms with E-state index < -0.39 is 11.9 Å². The van der Waals surface area contributed by atoms with Crippen molar-refractivity contribution in [3.05, 3.63) is 70.9 Å². The molecule has 0 radical (unpaired) electrons. The molecule has 0 aliphatic carbocycles. The molecule has 38 heavy (non-hydrogen) atoms. The summed E-state index contributed by atoms with van der Waals surface area (Å²) >= 11 is 0. The van der Waals surface area contributed by atoms with Crippen molar-refractivity contribution in [2.24, 2.45) is 0 Å². The van der Waals surface area contributed by atoms with Crippen molar-refractivity contribution in [3.8, 4) is 5.75 Å². The lowest BCUT2D eigenvalue weighted by molar-refractivity contribution is -0.136. The molecule has 3 amide bonds. The van der Waals surface area contributed by atoms with Gasteiger partial charge in [-0.05, 0) is 65.9 Å². The molecule has 0 spiro atoms. The molecule has 3 aliphatic heterocycles. The maximum Gasteiger partial charge on any atom is 0.255 e. The largest absolute Gasteiger partial charge is 0.489 e. The Morgan fingerprint density at radius 1 is 1.05 bits per heavy atom. The SMILES string of the molecule is COCc1cnc2ccc(CN3CC[C@H](Oc4ccc5c(c4)CN(C4CCC(=O)NC4=O)C5=O)C3)cc2c1. The van der Waals surface area contributed by atoms with Crippen LogP contribution in [0.1, 0.15) is 46.3 Å². The highest BCUT2D eigenvalue weighted by Gasteiger charge is 2.39. The highest BCUT2D eigenvalue weighted by atomic mass is 16.5. The minimum Gasteiger partial charge on any atom is -0.489 e. The van der Waals surface area contributed by atoms with E-state index in [1.165, 1.54) is 5.56 Å². The predicted octanol–water partition coefficient (Wildman–Crippen LogP) is 2.80. The van der Waals surface area contributed by atoms with E-state index in [1.807, 2.05) is 18.3 Å². The lowest BCUT2D eigenvalue weighted by atomic mass is 10.0. The third-order valence-corrected chi connectivity index (χ3v) is 7.55. The normalized spacial score (nSPS) is 21.7. The second kappa shape index (κ2) is 10.2. The number of carbonyl (C=O) groups excluding carboxylic acids is 3. The summed E-state index contributed by atoms with van der Waals surface area (Å²) in [6.45, 7) is 3.49. The van der Waals surface area contributed by atoms with Gasteiger partial charge in [0.05, 0.1) is 12.1 Å². The maximum absolute atomic E-state index is 12.9. The monoisotopic (exact) mass is 514 g/mol. The topological polar surface area (TPSA) is 101 Å². The first-order chi connectivity index (χ1) is 18.5. The van der Waals surface area contributed by atoms with E-state index in [-0.39, 0.29) is 24.3 Å². The van der Waals surface area contributed by atoms with Crippen LogP contribution in [0.25, 0.3) is 10.9 Å². The zero-order chi connectivity index (χ0) is 26.2. The number of rotatable bonds is 7. The summed E-state index contributed by atoms with van der Waals surface area (Å²) in [4.78, 5) is 45.2. The van der Waals surface area contributed by atoms with Crippen LogP contribution in [0, 0.1) is 0 Å². The molecule has 196 valence electrons. The van der Waals surface area contributed by atoms with Crippen LogP contribution in [0.15, 0.2) is 48.7 Å². The van der Waals surface area contributed by atoms with E-state index in [9.17, 15) is 14.4 Å². The third-order valence-electron chi connectivity index (χ3n) is 7.55. The van der Waals surface area contributed by atoms with Crippen LogP contribution < -0.4 is 10.1 Å². The third kappa shape index (κ3) is 4.87. The summed E-state index contributed by atoms with van der Waals surface area (Å²) in [5.41, 5.74) is 4.71. The molecule has 2 fully saturated rings. The number of carbonyl (C=O) groups is 3. The van der Waals surface area contributed by atoms with Crippen molar-refractivity contribution in [3.63, 3.8) is 0 Å². The van der Waals surface area contributed by atoms with E-state index in [0.29, 0.717) is 25.1 Å². The number of aromatic nitrogens is 1. The summed E-state index contributed by atoms with van der Waals surface area (Å²) in [6.07, 6.45) is 3.44. The van der Waals surface area contributed by atoms with Gasteiger partial charge in [0, 0.05) is 56.9 Å². The average molecular weight is 515 g/mol. The highest BCUT2D eigenvalue weighted by molar-refractivity contribution is 6.05. The first kappa shape index (κ1) is 24.5. The molecule has 0 saturated carbocycles. The van der Waals surface area contributed by atoms with Crippen LogP contribution in [-0.2, 0) is 34.0 Å². The Labute approximate surface area is 220 Å². The Balaban J connectivity index is 1.07. The van der Waals surface area contributed by atoms with Gasteiger partial charge in [-0.3, -0.25) is 29.6 Å². The number of amides is 3. The van der Waals surface area contributed by atoms with Crippen LogP contribution in [-0.4, -0.2) is 64.9 Å². The molecule has 2 aromatic carbocycles. The van der Waals surface area contributed by atoms with E-state index in [2.05, 4.69) is 39.5 Å². The number of ether oxygens (including phenoxy) is 2. The number of methoxy groups -OCH3 is 1. The summed E-state index contributed by atoms with van der Waals surface area (Å²) in [5, 5.41) is 3.46. The second-order valence-electron chi connectivity index (χ2n) is 10.3. The average Bonchev–Trinajstić information content (AvgIpc) is 3.47. The molecular formula is C29H30N4O5. The summed E-state index contributed by atoms with van der Waals surface area (Å²) < 4.78 is 11.6. The van der Waals surface area contributed by atoms with Gasteiger partial charge in [-0.25, -0.2) is 0 Å². The molecule has 2 saturated heterocycles. The van der Waals surface area contributed by atoms with Gasteiger partial charge in [0.1, 0.15) is 17.9 Å². The quantitative estimate of drug-likeness (QED) is 0.484. The smallest absolute Gasteiger partial charge is 0.255 e. The van der Waals surface area contributed by atoms with Crippen LogP contribution in [0.3, 0.4) is 0 Å². The van der Waals surface area contributed by atoms with Crippen molar-refractivity contribution < 1.29 is 23.9 Å². The highest BCUT2D eigenvalue weighted by Crippen LogP contribution is 2.31. The molecular weight excluding hydrogens is 484 g/mol. The fourth-order valence-corrected chi connectivity index (χ4v) is 5.68. The number of hydrogen-bond acceptors (Lipinski definition) is 7. The lowest BCUT2D eigenvalue weighted by Crippen LogP contribution is -2.52. The molecule has 1 N–H and O–H groups in total. The number of pyridine rings is 1. The van der Waals surface area contributed by atoms with Crippen LogP contribution in [0.2, 0.25) is 0 Å². The molecule has 1 aromatic heterocycles. The van der Waals surface area contributed by atoms with Gasteiger partial charge in [0.25, 0.3) is 5.91 Å². The number of hydrogen-bond donors (Lipinski definition) is 1. The molecule has 3 aliphatic rings. The van der Waals surface area contributed by atoms with Crippen molar-refractivity contribution in [1.29, 1.82) is 0 Å². The lowest BCUT2D eigenvalue weighted by Gasteiger charge is -2.29. The number of fused-ring (bicyclic) bond motifs is 2. The zero-order valence-electron chi connectivity index (χ0n) is 21.3. The Morgan fingerprint density at radius 2 is 1.92 bits per heavy atom. The number of nitrogens with zero attached hydrogens (tertiary/aromatic N) is 3. The van der Waals surface area contributed by atoms with Crippen molar-refractivity contribution in [2.45, 2.75) is 51.1 Å². The predicted molar refractivity (Wildman–Crippen MR) is 139 cm³/mol. The van der Waals surface area contributed by atoms with Crippen molar-refractivity contribution in [1.82, 2.24) is 20.1 Å². The molecule has 2 atom stereocenters. The Hall–Kier alpha value is -3.82. The number of imide groups is 1. The Morgan fingerprint density at radius 3 is 2.76 bits per heavy atom. The van der Waals surface area contributed by atoms with Gasteiger partial charge in [0.2, 0.25) is 11.8 Å². The first-order valence-corrected chi connectivity index (χ1v) is 13.0. The fourth-order valence-electron chi connectivity index (χ4n) is 5.68. The summed E-state index contributed by atoms with van der Waals surface area (Å²) in [5.74, 6) is -0.127. The number of likely N-dealkylation sites (tertiary alicyclic amines) is 1. The van der Waals surface area contributed by atoms with Gasteiger partial charge in [-0.15, -0.1) is 0 Å². The second-order valence-corrected chi connectivity index (χ2v) is 10.3. The van der Waals surface area contributed by atoms with E-state index in [1.54, 1.807) is 18.1 Å². The van der Waals surface area contributed by atoms with Gasteiger partial charge < -0.3 is 14.4 Å². The van der Waals surface area contributed by atoms with Gasteiger partial charge in [-0.2, -0.15) is 0 Å². The zero-order valence-corrected chi connectivity index (χ0v) is 21.3. The number of nitrogens with one attached hydrogen (secondary N) is 1. The van der Waals surface area contributed by atoms with Crippen LogP contribution in [0.4, 0.5) is 0 Å². The molecule has 9 nitrogen and oxygen atoms in total. The molecule has 6 rings (SSSR count). The summed E-state index contributed by atoms with van der Waals surface area (Å²) in [7, 11) is 1.69. The summed E-state index contributed by atoms with van der Waals surface area (Å²) in [6, 6.07) is 13.4. The molecule has 0 bridgehead atoms. The van der Waals surface area contributed by atoms with E-state index >= 15 is 0 Å². The first-order valence-electron chi connectivity index (χ1n) is 13.0. The Bertz CT molecular complexity index is 1420. The molecule has 4 heterocycles. The van der Waals surface area contributed by atoms with E-state index in [0.717, 1.165) is 53.8 Å². The van der Waals surface area contributed by atoms with Gasteiger partial charge >= 0.3 is 0 Å². The minimum atomic E-state index is -0.613. The van der Waals surface area contributed by atoms with Crippen LogP contribution in [0.5, 0.6) is 5.75 Å². The van der Waals surface area contributed by atoms with Crippen molar-refractivity contribution in [2.75, 3.05) is 20.2 Å². The molecule has 3 aromatic rings. The number of piperidine rings is 1. The van der Waals surface area contributed by atoms with Gasteiger partial charge in [-0.1, -0.05) is 6.07 Å². The van der Waals surface area contributed by atoms with Crippen molar-refractivity contribution >= 4 is 28.6 Å². The Kier molecular flexibility index (Phi) is 6.55. The molecule has 9 heteroatoms. The number of benzene rings is 2. The van der Waals surface area contributed by atoms with Crippen LogP contribution >= 0.6 is 0 Å². The minimum absolute atomic E-state index is 0.0619. The van der Waals surface area contributed by atoms with Gasteiger partial charge in [0.15, 0.2) is 0 Å². The standard InChI is InChI=1S/C29H30N4O5/c1-37-17-19-11-20-10-18(2-5-25(20)30-13-19)14-32-9-8-23(16-32)38-22-3-4-24-21(12-22)15-33(29(24)36)26-6-7-27(34)31-28(26)35/h2-5,10-13,23,26H,6-9,14-17H2,1H3,(H,31,34,35)/t23-,26?/m0/s1. The van der Waals surface area contributed by atoms with E-state index in [4.69, 9.17) is 9.47 Å².